The number of carbonyl (C=O) groups is 1. The predicted octanol–water partition coefficient (Wildman–Crippen LogP) is -0.741. The van der Waals surface area contributed by atoms with E-state index >= 15 is 0 Å². The maximum absolute atomic E-state index is 9.51. The highest BCUT2D eigenvalue weighted by molar-refractivity contribution is 5.46. The van der Waals surface area contributed by atoms with Crippen LogP contribution in [0.2, 0.25) is 0 Å². The van der Waals surface area contributed by atoms with E-state index in [4.69, 9.17) is 5.26 Å². The summed E-state index contributed by atoms with van der Waals surface area (Å²) in [7, 11) is 0. The van der Waals surface area contributed by atoms with Gasteiger partial charge in [0.2, 0.25) is 6.41 Å². The maximum Gasteiger partial charge on any atom is 0.207 e. The predicted molar refractivity (Wildman–Crippen MR) is 27.5 cm³/mol. The lowest BCUT2D eigenvalue weighted by Gasteiger charge is -1.79. The summed E-state index contributed by atoms with van der Waals surface area (Å²) in [5.41, 5.74) is 0. The standard InChI is InChI=1S/C5H4N2O/c6-3-1-2-4-7-5-8/h5H,4H2,(H,7,8). The molecule has 0 aromatic heterocycles. The van der Waals surface area contributed by atoms with E-state index in [0.29, 0.717) is 6.41 Å². The van der Waals surface area contributed by atoms with E-state index in [0.717, 1.165) is 0 Å². The van der Waals surface area contributed by atoms with Crippen molar-refractivity contribution in [2.45, 2.75) is 0 Å². The topological polar surface area (TPSA) is 52.9 Å². The van der Waals surface area contributed by atoms with Crippen LogP contribution in [0.5, 0.6) is 0 Å². The molecule has 0 aliphatic rings. The minimum Gasteiger partial charge on any atom is -0.348 e. The van der Waals surface area contributed by atoms with Gasteiger partial charge in [-0.3, -0.25) is 4.79 Å². The Bertz CT molecular complexity index is 157. The molecule has 0 radical (unpaired) electrons. The van der Waals surface area contributed by atoms with Crippen LogP contribution in [0.4, 0.5) is 0 Å². The lowest BCUT2D eigenvalue weighted by Crippen LogP contribution is -2.09. The molecule has 0 unspecified atom stereocenters. The molecule has 0 aliphatic carbocycles. The van der Waals surface area contributed by atoms with Crippen molar-refractivity contribution in [3.63, 3.8) is 0 Å². The van der Waals surface area contributed by atoms with Crippen molar-refractivity contribution in [3.8, 4) is 17.9 Å². The number of nitrogens with one attached hydrogen (secondary N) is 1. The number of amides is 1. The van der Waals surface area contributed by atoms with Crippen molar-refractivity contribution in [3.05, 3.63) is 0 Å². The summed E-state index contributed by atoms with van der Waals surface area (Å²) in [6.07, 6.45) is 0.534. The molecule has 0 saturated carbocycles. The molecule has 1 N–H and O–H groups in total. The fraction of sp³-hybridized carbons (Fsp3) is 0.200. The summed E-state index contributed by atoms with van der Waals surface area (Å²) in [6, 6.07) is 1.61. The van der Waals surface area contributed by atoms with E-state index in [9.17, 15) is 4.79 Å². The normalized spacial score (nSPS) is 5.38. The Kier molecular flexibility index (Phi) is 4.50. The van der Waals surface area contributed by atoms with Gasteiger partial charge in [0, 0.05) is 5.92 Å². The van der Waals surface area contributed by atoms with Crippen LogP contribution in [-0.2, 0) is 4.79 Å². The van der Waals surface area contributed by atoms with E-state index in [1.807, 2.05) is 0 Å². The van der Waals surface area contributed by atoms with Crippen LogP contribution in [0, 0.1) is 23.2 Å². The van der Waals surface area contributed by atoms with Gasteiger partial charge < -0.3 is 5.32 Å². The smallest absolute Gasteiger partial charge is 0.207 e. The second kappa shape index (κ2) is 5.52. The Balaban J connectivity index is 3.18. The zero-order chi connectivity index (χ0) is 6.24. The fourth-order valence-corrected chi connectivity index (χ4v) is 0.176. The lowest BCUT2D eigenvalue weighted by molar-refractivity contribution is -0.109. The van der Waals surface area contributed by atoms with Gasteiger partial charge in [-0.25, -0.2) is 0 Å². The molecule has 0 rings (SSSR count). The third-order valence-corrected chi connectivity index (χ3v) is 0.418. The van der Waals surface area contributed by atoms with Crippen LogP contribution in [0.25, 0.3) is 0 Å². The van der Waals surface area contributed by atoms with Crippen LogP contribution in [-0.4, -0.2) is 13.0 Å². The van der Waals surface area contributed by atoms with Gasteiger partial charge in [0.05, 0.1) is 6.54 Å². The Morgan fingerprint density at radius 3 is 3.00 bits per heavy atom. The van der Waals surface area contributed by atoms with Crippen LogP contribution in [0.1, 0.15) is 0 Å². The second-order valence-corrected chi connectivity index (χ2v) is 0.912. The SMILES string of the molecule is N#CC#CCNC=O. The Morgan fingerprint density at radius 1 is 1.75 bits per heavy atom. The molecule has 0 aliphatic heterocycles. The van der Waals surface area contributed by atoms with Crippen LogP contribution in [0.3, 0.4) is 0 Å². The highest BCUT2D eigenvalue weighted by Gasteiger charge is 1.67. The van der Waals surface area contributed by atoms with E-state index in [1.54, 1.807) is 6.07 Å². The Morgan fingerprint density at radius 2 is 2.50 bits per heavy atom. The first-order valence-electron chi connectivity index (χ1n) is 1.96. The number of nitriles is 1. The van der Waals surface area contributed by atoms with Gasteiger partial charge in [-0.15, -0.1) is 0 Å². The third kappa shape index (κ3) is 4.52. The summed E-state index contributed by atoms with van der Waals surface area (Å²) in [4.78, 5) is 9.51. The van der Waals surface area contributed by atoms with Crippen molar-refractivity contribution in [2.24, 2.45) is 0 Å². The monoisotopic (exact) mass is 108 g/mol. The average Bonchev–Trinajstić information content (AvgIpc) is 1.81. The van der Waals surface area contributed by atoms with E-state index in [-0.39, 0.29) is 6.54 Å². The summed E-state index contributed by atoms with van der Waals surface area (Å²) in [5, 5.41) is 10.1. The van der Waals surface area contributed by atoms with E-state index in [2.05, 4.69) is 17.2 Å². The van der Waals surface area contributed by atoms with Crippen molar-refractivity contribution < 1.29 is 4.79 Å². The summed E-state index contributed by atoms with van der Waals surface area (Å²) in [5.74, 6) is 4.50. The molecule has 0 aromatic carbocycles. The molecule has 0 fully saturated rings. The summed E-state index contributed by atoms with van der Waals surface area (Å²) >= 11 is 0. The maximum atomic E-state index is 9.51. The zero-order valence-electron chi connectivity index (χ0n) is 4.14. The Labute approximate surface area is 47.3 Å². The molecular weight excluding hydrogens is 104 g/mol. The highest BCUT2D eigenvalue weighted by Crippen LogP contribution is 1.48. The van der Waals surface area contributed by atoms with Gasteiger partial charge >= 0.3 is 0 Å². The van der Waals surface area contributed by atoms with Crippen LogP contribution >= 0.6 is 0 Å². The van der Waals surface area contributed by atoms with Gasteiger partial charge in [-0.1, -0.05) is 5.92 Å². The number of rotatable bonds is 2. The minimum absolute atomic E-state index is 0.247. The molecule has 40 valence electrons. The first-order valence-corrected chi connectivity index (χ1v) is 1.96. The van der Waals surface area contributed by atoms with Crippen molar-refractivity contribution in [2.75, 3.05) is 6.54 Å². The van der Waals surface area contributed by atoms with Gasteiger partial charge in [0.15, 0.2) is 6.07 Å². The van der Waals surface area contributed by atoms with Crippen molar-refractivity contribution in [1.29, 1.82) is 5.26 Å². The fourth-order valence-electron chi connectivity index (χ4n) is 0.176. The van der Waals surface area contributed by atoms with Gasteiger partial charge in [-0.05, 0) is 0 Å². The first-order chi connectivity index (χ1) is 3.91. The quantitative estimate of drug-likeness (QED) is 0.288. The van der Waals surface area contributed by atoms with Gasteiger partial charge in [0.25, 0.3) is 0 Å². The van der Waals surface area contributed by atoms with Gasteiger partial charge in [-0.2, -0.15) is 5.26 Å². The molecule has 0 atom stereocenters. The summed E-state index contributed by atoms with van der Waals surface area (Å²) < 4.78 is 0. The van der Waals surface area contributed by atoms with Crippen molar-refractivity contribution >= 4 is 6.41 Å². The van der Waals surface area contributed by atoms with E-state index in [1.165, 1.54) is 0 Å². The molecule has 1 amide bonds. The first kappa shape index (κ1) is 6.52. The number of carbonyl (C=O) groups excluding carboxylic acids is 1. The lowest BCUT2D eigenvalue weighted by atomic mass is 10.6. The highest BCUT2D eigenvalue weighted by atomic mass is 16.1. The van der Waals surface area contributed by atoms with Crippen LogP contribution in [0.15, 0.2) is 0 Å². The molecule has 3 nitrogen and oxygen atoms in total. The second-order valence-electron chi connectivity index (χ2n) is 0.912. The molecule has 0 saturated heterocycles. The Hall–Kier alpha value is -1.48. The molecular formula is C5H4N2O. The molecule has 8 heavy (non-hydrogen) atoms. The van der Waals surface area contributed by atoms with Crippen molar-refractivity contribution in [1.82, 2.24) is 5.32 Å². The van der Waals surface area contributed by atoms with Crippen LogP contribution < -0.4 is 5.32 Å². The molecule has 0 aromatic rings. The van der Waals surface area contributed by atoms with E-state index < -0.39 is 0 Å². The third-order valence-electron chi connectivity index (χ3n) is 0.418. The summed E-state index contributed by atoms with van der Waals surface area (Å²) in [6.45, 7) is 0.247. The zero-order valence-corrected chi connectivity index (χ0v) is 4.14. The minimum atomic E-state index is 0.247. The molecule has 0 heterocycles. The number of hydrogen-bond acceptors (Lipinski definition) is 2. The number of nitrogens with zero attached hydrogens (tertiary/aromatic N) is 1. The average molecular weight is 108 g/mol. The largest absolute Gasteiger partial charge is 0.348 e. The number of hydrogen-bond donors (Lipinski definition) is 1. The molecule has 0 spiro atoms. The van der Waals surface area contributed by atoms with Gasteiger partial charge in [0.1, 0.15) is 0 Å². The molecule has 3 heteroatoms. The molecule has 0 bridgehead atoms.